The lowest BCUT2D eigenvalue weighted by atomic mass is 9.91. The molecule has 3 nitrogen and oxygen atoms in total. The Hall–Kier alpha value is -1.48. The maximum Gasteiger partial charge on any atom is 0.303 e. The predicted molar refractivity (Wildman–Crippen MR) is 65.1 cm³/mol. The number of piperidine rings is 1. The monoisotopic (exact) mass is 231 g/mol. The molecule has 0 radical (unpaired) electrons. The Morgan fingerprint density at radius 1 is 1.06 bits per heavy atom. The Balaban J connectivity index is 1.67. The number of hydrogen-bond acceptors (Lipinski definition) is 3. The molecule has 90 valence electrons. The van der Waals surface area contributed by atoms with Gasteiger partial charge in [-0.1, -0.05) is 30.3 Å². The molecule has 2 aliphatic heterocycles. The first-order valence-electron chi connectivity index (χ1n) is 6.18. The fourth-order valence-corrected chi connectivity index (χ4v) is 2.60. The van der Waals surface area contributed by atoms with Crippen LogP contribution >= 0.6 is 0 Å². The van der Waals surface area contributed by atoms with Gasteiger partial charge in [-0.05, 0) is 24.3 Å². The smallest absolute Gasteiger partial charge is 0.303 e. The van der Waals surface area contributed by atoms with Crippen molar-refractivity contribution in [1.29, 1.82) is 0 Å². The van der Waals surface area contributed by atoms with E-state index in [9.17, 15) is 0 Å². The first-order valence-corrected chi connectivity index (χ1v) is 6.18. The summed E-state index contributed by atoms with van der Waals surface area (Å²) >= 11 is 0. The second-order valence-corrected chi connectivity index (χ2v) is 4.60. The zero-order chi connectivity index (χ0) is 11.5. The van der Waals surface area contributed by atoms with Gasteiger partial charge in [0.2, 0.25) is 0 Å². The third-order valence-electron chi connectivity index (χ3n) is 3.47. The van der Waals surface area contributed by atoms with E-state index in [1.807, 2.05) is 0 Å². The van der Waals surface area contributed by atoms with Crippen LogP contribution in [-0.4, -0.2) is 24.4 Å². The van der Waals surface area contributed by atoms with Gasteiger partial charge in [-0.2, -0.15) is 0 Å². The molecule has 3 heteroatoms. The molecule has 0 N–H and O–H groups in total. The number of ether oxygens (including phenoxy) is 2. The van der Waals surface area contributed by atoms with Crippen LogP contribution in [0.25, 0.3) is 0 Å². The van der Waals surface area contributed by atoms with E-state index in [1.165, 1.54) is 18.4 Å². The molecule has 2 aliphatic rings. The molecule has 1 atom stereocenters. The number of hydrogen-bond donors (Lipinski definition) is 0. The van der Waals surface area contributed by atoms with Crippen LogP contribution < -0.4 is 0 Å². The van der Waals surface area contributed by atoms with Gasteiger partial charge in [-0.25, -0.2) is 4.90 Å². The van der Waals surface area contributed by atoms with Crippen LogP contribution in [-0.2, 0) is 9.47 Å². The minimum Gasteiger partial charge on any atom is -0.446 e. The molecule has 2 heterocycles. The zero-order valence-electron chi connectivity index (χ0n) is 9.79. The van der Waals surface area contributed by atoms with Crippen LogP contribution in [0, 0.1) is 0 Å². The summed E-state index contributed by atoms with van der Waals surface area (Å²) in [6.45, 7) is 2.06. The predicted octanol–water partition coefficient (Wildman–Crippen LogP) is 2.67. The molecule has 0 aromatic heterocycles. The van der Waals surface area contributed by atoms with E-state index >= 15 is 0 Å². The molecule has 0 bridgehead atoms. The van der Waals surface area contributed by atoms with Crippen LogP contribution in [0.2, 0.25) is 0 Å². The normalized spacial score (nSPS) is 25.5. The van der Waals surface area contributed by atoms with Crippen LogP contribution in [0.3, 0.4) is 0 Å². The highest BCUT2D eigenvalue weighted by Crippen LogP contribution is 2.28. The van der Waals surface area contributed by atoms with E-state index in [-0.39, 0.29) is 6.41 Å². The molecule has 1 fully saturated rings. The second-order valence-electron chi connectivity index (χ2n) is 4.60. The highest BCUT2D eigenvalue weighted by atomic mass is 16.7. The fraction of sp³-hybridized carbons (Fsp3) is 0.429. The highest BCUT2D eigenvalue weighted by Gasteiger charge is 2.29. The number of rotatable bonds is 2. The van der Waals surface area contributed by atoms with Gasteiger partial charge in [0, 0.05) is 13.1 Å². The van der Waals surface area contributed by atoms with Gasteiger partial charge in [-0.15, -0.1) is 0 Å². The van der Waals surface area contributed by atoms with E-state index in [0.717, 1.165) is 13.1 Å². The van der Waals surface area contributed by atoms with Crippen LogP contribution in [0.1, 0.15) is 24.3 Å². The summed E-state index contributed by atoms with van der Waals surface area (Å²) in [5.41, 5.74) is 1.42. The van der Waals surface area contributed by atoms with Crippen molar-refractivity contribution < 1.29 is 9.47 Å². The minimum absolute atomic E-state index is 0.207. The summed E-state index contributed by atoms with van der Waals surface area (Å²) in [4.78, 5) is 2.27. The Bertz CT molecular complexity index is 382. The molecule has 0 spiro atoms. The van der Waals surface area contributed by atoms with Gasteiger partial charge >= 0.3 is 6.41 Å². The Labute approximate surface area is 102 Å². The van der Waals surface area contributed by atoms with Crippen molar-refractivity contribution in [2.75, 3.05) is 13.1 Å². The summed E-state index contributed by atoms with van der Waals surface area (Å²) in [5, 5.41) is 0. The lowest BCUT2D eigenvalue weighted by molar-refractivity contribution is -0.146. The summed E-state index contributed by atoms with van der Waals surface area (Å²) in [5.74, 6) is 0.595. The van der Waals surface area contributed by atoms with E-state index in [2.05, 4.69) is 35.2 Å². The van der Waals surface area contributed by atoms with Crippen LogP contribution in [0.15, 0.2) is 42.9 Å². The molecule has 1 aromatic carbocycles. The van der Waals surface area contributed by atoms with Gasteiger partial charge < -0.3 is 9.47 Å². The molecule has 1 unspecified atom stereocenters. The largest absolute Gasteiger partial charge is 0.446 e. The SMILES string of the molecule is C1=COC(N2CCCC(c3ccccc3)C2)O1. The second kappa shape index (κ2) is 4.80. The molecular formula is C14H17NO2. The van der Waals surface area contributed by atoms with Crippen molar-refractivity contribution in [2.24, 2.45) is 0 Å². The highest BCUT2D eigenvalue weighted by molar-refractivity contribution is 5.20. The summed E-state index contributed by atoms with van der Waals surface area (Å²) in [7, 11) is 0. The van der Waals surface area contributed by atoms with Crippen molar-refractivity contribution in [3.63, 3.8) is 0 Å². The van der Waals surface area contributed by atoms with Crippen molar-refractivity contribution in [2.45, 2.75) is 25.2 Å². The quantitative estimate of drug-likeness (QED) is 0.781. The molecule has 17 heavy (non-hydrogen) atoms. The van der Waals surface area contributed by atoms with Gasteiger partial charge in [0.25, 0.3) is 0 Å². The van der Waals surface area contributed by atoms with Crippen molar-refractivity contribution >= 4 is 0 Å². The van der Waals surface area contributed by atoms with Gasteiger partial charge in [-0.3, -0.25) is 0 Å². The maximum absolute atomic E-state index is 5.40. The van der Waals surface area contributed by atoms with E-state index in [1.54, 1.807) is 12.5 Å². The summed E-state index contributed by atoms with van der Waals surface area (Å²) in [6.07, 6.45) is 5.48. The fourth-order valence-electron chi connectivity index (χ4n) is 2.60. The summed E-state index contributed by atoms with van der Waals surface area (Å²) in [6, 6.07) is 10.7. The Morgan fingerprint density at radius 3 is 2.59 bits per heavy atom. The molecule has 3 rings (SSSR count). The maximum atomic E-state index is 5.40. The number of likely N-dealkylation sites (tertiary alicyclic amines) is 1. The van der Waals surface area contributed by atoms with Crippen molar-refractivity contribution in [3.8, 4) is 0 Å². The first kappa shape index (κ1) is 10.7. The molecular weight excluding hydrogens is 214 g/mol. The van der Waals surface area contributed by atoms with Gasteiger partial charge in [0.05, 0.1) is 0 Å². The van der Waals surface area contributed by atoms with E-state index in [0.29, 0.717) is 5.92 Å². The topological polar surface area (TPSA) is 21.7 Å². The third kappa shape index (κ3) is 2.29. The third-order valence-corrected chi connectivity index (χ3v) is 3.47. The number of nitrogens with zero attached hydrogens (tertiary/aromatic N) is 1. The lowest BCUT2D eigenvalue weighted by Gasteiger charge is -2.34. The van der Waals surface area contributed by atoms with Gasteiger partial charge in [0.15, 0.2) is 0 Å². The van der Waals surface area contributed by atoms with E-state index < -0.39 is 0 Å². The van der Waals surface area contributed by atoms with Crippen molar-refractivity contribution in [3.05, 3.63) is 48.4 Å². The van der Waals surface area contributed by atoms with Crippen LogP contribution in [0.5, 0.6) is 0 Å². The Kier molecular flexibility index (Phi) is 3.01. The first-order chi connectivity index (χ1) is 8.43. The van der Waals surface area contributed by atoms with Crippen LogP contribution in [0.4, 0.5) is 0 Å². The Morgan fingerprint density at radius 2 is 1.82 bits per heavy atom. The molecule has 1 aromatic rings. The molecule has 0 saturated carbocycles. The molecule has 0 amide bonds. The molecule has 0 aliphatic carbocycles. The number of benzene rings is 1. The standard InChI is InChI=1S/C14H17NO2/c1-2-5-12(6-3-1)13-7-4-8-15(11-13)14-16-9-10-17-14/h1-3,5-6,9-10,13-14H,4,7-8,11H2. The average Bonchev–Trinajstić information content (AvgIpc) is 2.94. The summed E-state index contributed by atoms with van der Waals surface area (Å²) < 4.78 is 10.8. The van der Waals surface area contributed by atoms with Gasteiger partial charge in [0.1, 0.15) is 12.5 Å². The van der Waals surface area contributed by atoms with Crippen molar-refractivity contribution in [1.82, 2.24) is 4.90 Å². The average molecular weight is 231 g/mol. The minimum atomic E-state index is -0.207. The zero-order valence-corrected chi connectivity index (χ0v) is 9.79. The van der Waals surface area contributed by atoms with E-state index in [4.69, 9.17) is 9.47 Å². The molecule has 1 saturated heterocycles. The lowest BCUT2D eigenvalue weighted by Crippen LogP contribution is -2.42.